The Kier molecular flexibility index (Phi) is 12.1. The van der Waals surface area contributed by atoms with Crippen molar-refractivity contribution in [2.45, 2.75) is 135 Å². The van der Waals surface area contributed by atoms with Crippen molar-refractivity contribution in [1.29, 1.82) is 0 Å². The van der Waals surface area contributed by atoms with Gasteiger partial charge in [-0.2, -0.15) is 0 Å². The van der Waals surface area contributed by atoms with E-state index in [9.17, 15) is 19.5 Å². The monoisotopic (exact) mass is 497 g/mol. The topological polar surface area (TPSA) is 102 Å². The Bertz CT molecular complexity index is 764. The van der Waals surface area contributed by atoms with E-state index in [1.54, 1.807) is 0 Å². The first-order valence-corrected chi connectivity index (χ1v) is 13.7. The molecular formula is C27H44N3NaO4. The molecule has 0 aromatic rings. The largest absolute Gasteiger partial charge is 1.00 e. The van der Waals surface area contributed by atoms with Crippen LogP contribution >= 0.6 is 0 Å². The van der Waals surface area contributed by atoms with E-state index in [-0.39, 0.29) is 58.0 Å². The van der Waals surface area contributed by atoms with Crippen LogP contribution in [0.1, 0.15) is 123 Å². The van der Waals surface area contributed by atoms with Gasteiger partial charge in [-0.05, 0) is 38.5 Å². The van der Waals surface area contributed by atoms with Gasteiger partial charge in [-0.1, -0.05) is 78.1 Å². The number of rotatable bonds is 13. The molecule has 0 radical (unpaired) electrons. The first kappa shape index (κ1) is 30.2. The predicted molar refractivity (Wildman–Crippen MR) is 130 cm³/mol. The first-order chi connectivity index (χ1) is 16.4. The Morgan fingerprint density at radius 2 is 1.46 bits per heavy atom. The number of hydrazine groups is 1. The normalized spacial score (nSPS) is 29.5. The molecule has 3 rings (SSSR count). The minimum Gasteiger partial charge on any atom is -0.877 e. The van der Waals surface area contributed by atoms with E-state index >= 15 is 0 Å². The number of hydrogen-bond acceptors (Lipinski definition) is 4. The molecule has 3 aliphatic rings. The summed E-state index contributed by atoms with van der Waals surface area (Å²) in [5, 5.41) is 15.9. The minimum absolute atomic E-state index is 0. The van der Waals surface area contributed by atoms with E-state index in [1.165, 1.54) is 56.4 Å². The Morgan fingerprint density at radius 3 is 2.00 bits per heavy atom. The van der Waals surface area contributed by atoms with E-state index in [4.69, 9.17) is 0 Å². The van der Waals surface area contributed by atoms with Crippen molar-refractivity contribution >= 4 is 17.7 Å². The molecule has 2 N–H and O–H groups in total. The summed E-state index contributed by atoms with van der Waals surface area (Å²) in [4.78, 5) is 37.3. The summed E-state index contributed by atoms with van der Waals surface area (Å²) in [5.74, 6) is -0.959. The van der Waals surface area contributed by atoms with Gasteiger partial charge >= 0.3 is 29.6 Å². The molecule has 0 bridgehead atoms. The van der Waals surface area contributed by atoms with Crippen LogP contribution in [-0.2, 0) is 14.4 Å². The van der Waals surface area contributed by atoms with Gasteiger partial charge in [0.25, 0.3) is 11.8 Å². The maximum Gasteiger partial charge on any atom is 1.00 e. The zero-order valence-electron chi connectivity index (χ0n) is 22.3. The molecule has 2 saturated heterocycles. The van der Waals surface area contributed by atoms with Crippen LogP contribution in [0.25, 0.3) is 0 Å². The van der Waals surface area contributed by atoms with Crippen molar-refractivity contribution in [2.24, 2.45) is 5.41 Å². The smallest absolute Gasteiger partial charge is 0.877 e. The number of nitrogens with one attached hydrogen (secondary N) is 2. The van der Waals surface area contributed by atoms with Crippen molar-refractivity contribution in [2.75, 3.05) is 0 Å². The summed E-state index contributed by atoms with van der Waals surface area (Å²) in [5.41, 5.74) is 2.02. The number of amides is 3. The van der Waals surface area contributed by atoms with Gasteiger partial charge in [0.1, 0.15) is 0 Å². The summed E-state index contributed by atoms with van der Waals surface area (Å²) >= 11 is 0. The van der Waals surface area contributed by atoms with Gasteiger partial charge in [0.2, 0.25) is 5.91 Å². The Balaban J connectivity index is 0.00000432. The Morgan fingerprint density at radius 1 is 0.914 bits per heavy atom. The predicted octanol–water partition coefficient (Wildman–Crippen LogP) is 1.02. The molecule has 1 spiro atoms. The van der Waals surface area contributed by atoms with Crippen LogP contribution in [0, 0.1) is 5.41 Å². The van der Waals surface area contributed by atoms with Crippen molar-refractivity contribution in [3.8, 4) is 0 Å². The van der Waals surface area contributed by atoms with Crippen molar-refractivity contribution in [3.63, 3.8) is 0 Å². The van der Waals surface area contributed by atoms with Crippen LogP contribution in [0.4, 0.5) is 0 Å². The van der Waals surface area contributed by atoms with Crippen LogP contribution in [-0.4, -0.2) is 34.3 Å². The SMILES string of the molecule is CCCCCCCCC1(CCCCCC)CC(=O)NC12CCC(N1NC(=O)/C(=C/[O-])C1=O)CC2.[Na+]. The number of hydrogen-bond donors (Lipinski definition) is 2. The van der Waals surface area contributed by atoms with Crippen LogP contribution in [0.15, 0.2) is 11.8 Å². The molecule has 1 atom stereocenters. The second-order valence-electron chi connectivity index (χ2n) is 10.8. The molecule has 1 aliphatic carbocycles. The second-order valence-corrected chi connectivity index (χ2v) is 10.8. The maximum atomic E-state index is 12.8. The molecule has 35 heavy (non-hydrogen) atoms. The van der Waals surface area contributed by atoms with Crippen LogP contribution in [0.2, 0.25) is 0 Å². The molecule has 8 heteroatoms. The first-order valence-electron chi connectivity index (χ1n) is 13.7. The summed E-state index contributed by atoms with van der Waals surface area (Å²) < 4.78 is 0. The molecule has 2 aliphatic heterocycles. The van der Waals surface area contributed by atoms with Crippen molar-refractivity contribution in [3.05, 3.63) is 11.8 Å². The summed E-state index contributed by atoms with van der Waals surface area (Å²) in [6.45, 7) is 4.46. The molecule has 3 amide bonds. The van der Waals surface area contributed by atoms with Gasteiger partial charge in [-0.3, -0.25) is 19.8 Å². The molecular weight excluding hydrogens is 453 g/mol. The molecule has 1 saturated carbocycles. The van der Waals surface area contributed by atoms with Crippen LogP contribution in [0.3, 0.4) is 0 Å². The standard InChI is InChI=1S/C27H45N3O4.Na/c1-3-5-7-9-10-12-16-26(15-11-8-6-4-2)19-23(32)28-27(26)17-13-21(14-18-27)30-25(34)22(20-31)24(33)29-30;/h20-21,31H,3-19H2,1-2H3,(H,28,32)(H,29,33);/q;+1/p-1/b22-20-;. The van der Waals surface area contributed by atoms with Crippen molar-refractivity contribution < 1.29 is 49.0 Å². The fourth-order valence-electron chi connectivity index (χ4n) is 6.65. The third-order valence-electron chi connectivity index (χ3n) is 8.62. The molecule has 192 valence electrons. The number of nitrogens with zero attached hydrogens (tertiary/aromatic N) is 1. The van der Waals surface area contributed by atoms with E-state index in [2.05, 4.69) is 24.6 Å². The van der Waals surface area contributed by atoms with Crippen LogP contribution < -0.4 is 45.4 Å². The summed E-state index contributed by atoms with van der Waals surface area (Å²) in [6, 6.07) is -0.135. The summed E-state index contributed by atoms with van der Waals surface area (Å²) in [7, 11) is 0. The van der Waals surface area contributed by atoms with Crippen LogP contribution in [0.5, 0.6) is 0 Å². The van der Waals surface area contributed by atoms with E-state index in [0.29, 0.717) is 25.5 Å². The van der Waals surface area contributed by atoms with E-state index in [1.807, 2.05) is 0 Å². The molecule has 3 fully saturated rings. The van der Waals surface area contributed by atoms with Gasteiger partial charge in [0.15, 0.2) is 0 Å². The summed E-state index contributed by atoms with van der Waals surface area (Å²) in [6.07, 6.45) is 18.4. The van der Waals surface area contributed by atoms with Gasteiger partial charge in [0.05, 0.1) is 11.6 Å². The Hall–Kier alpha value is -1.05. The third-order valence-corrected chi connectivity index (χ3v) is 8.62. The quantitative estimate of drug-likeness (QED) is 0.130. The average Bonchev–Trinajstić information content (AvgIpc) is 3.26. The molecule has 2 heterocycles. The maximum absolute atomic E-state index is 12.8. The van der Waals surface area contributed by atoms with Crippen molar-refractivity contribution in [1.82, 2.24) is 15.8 Å². The van der Waals surface area contributed by atoms with Gasteiger partial charge in [-0.15, -0.1) is 6.26 Å². The van der Waals surface area contributed by atoms with Gasteiger partial charge < -0.3 is 10.4 Å². The van der Waals surface area contributed by atoms with Gasteiger partial charge in [0, 0.05) is 17.4 Å². The fourth-order valence-corrected chi connectivity index (χ4v) is 6.65. The zero-order chi connectivity index (χ0) is 24.6. The number of unbranched alkanes of at least 4 members (excludes halogenated alkanes) is 8. The second kappa shape index (κ2) is 14.0. The molecule has 0 aromatic heterocycles. The fraction of sp³-hybridized carbons (Fsp3) is 0.815. The Labute approximate surface area is 233 Å². The average molecular weight is 498 g/mol. The third kappa shape index (κ3) is 6.84. The zero-order valence-corrected chi connectivity index (χ0v) is 24.3. The van der Waals surface area contributed by atoms with E-state index < -0.39 is 11.8 Å². The van der Waals surface area contributed by atoms with Gasteiger partial charge in [-0.25, -0.2) is 5.01 Å². The number of carbonyl (C=O) groups is 3. The molecule has 1 unspecified atom stereocenters. The minimum atomic E-state index is -0.609. The molecule has 7 nitrogen and oxygen atoms in total. The molecule has 0 aromatic carbocycles. The van der Waals surface area contributed by atoms with E-state index in [0.717, 1.165) is 38.5 Å². The number of carbonyl (C=O) groups excluding carboxylic acids is 3.